The Hall–Kier alpha value is -1.35. The summed E-state index contributed by atoms with van der Waals surface area (Å²) >= 11 is -1.39. The average molecular weight is 329 g/mol. The van der Waals surface area contributed by atoms with E-state index in [1.54, 1.807) is 55.2 Å². The third-order valence-corrected chi connectivity index (χ3v) is 4.60. The van der Waals surface area contributed by atoms with Gasteiger partial charge in [-0.1, -0.05) is 11.2 Å². The zero-order chi connectivity index (χ0) is 16.4. The minimum absolute atomic E-state index is 0.290. The van der Waals surface area contributed by atoms with Crippen LogP contribution < -0.4 is 5.01 Å². The molecule has 2 rings (SSSR count). The van der Waals surface area contributed by atoms with Gasteiger partial charge in [0.15, 0.2) is 0 Å². The number of carbonyl (C=O) groups is 1. The normalized spacial score (nSPS) is 24.5. The number of carbonyl (C=O) groups excluding carboxylic acids is 1. The first-order chi connectivity index (χ1) is 10.4. The molecule has 3 unspecified atom stereocenters. The second kappa shape index (κ2) is 6.82. The molecule has 0 aliphatic carbocycles. The van der Waals surface area contributed by atoms with Crippen molar-refractivity contribution < 1.29 is 18.6 Å². The molecule has 0 bridgehead atoms. The molecule has 8 heteroatoms. The highest BCUT2D eigenvalue weighted by Crippen LogP contribution is 2.32. The average Bonchev–Trinajstić information content (AvgIpc) is 2.69. The van der Waals surface area contributed by atoms with Crippen LogP contribution in [0.2, 0.25) is 0 Å². The second-order valence-electron chi connectivity index (χ2n) is 4.99. The van der Waals surface area contributed by atoms with Gasteiger partial charge in [-0.15, -0.1) is 4.48 Å². The molecule has 1 heterocycles. The minimum Gasteiger partial charge on any atom is -0.614 e. The fourth-order valence-corrected chi connectivity index (χ4v) is 3.55. The number of halogens is 1. The molecule has 1 aliphatic rings. The summed E-state index contributed by atoms with van der Waals surface area (Å²) in [7, 11) is 1.67. The maximum atomic E-state index is 14.3. The molecular weight excluding hydrogens is 309 g/mol. The van der Waals surface area contributed by atoms with Crippen LogP contribution in [-0.2, 0) is 15.9 Å². The van der Waals surface area contributed by atoms with Crippen LogP contribution >= 0.6 is 0 Å². The number of benzene rings is 1. The number of nitrogens with zero attached hydrogens (tertiary/aromatic N) is 3. The van der Waals surface area contributed by atoms with E-state index >= 15 is 0 Å². The van der Waals surface area contributed by atoms with E-state index in [1.807, 2.05) is 0 Å². The van der Waals surface area contributed by atoms with Crippen molar-refractivity contribution in [1.82, 2.24) is 10.1 Å². The molecule has 1 aromatic carbocycles. The zero-order valence-corrected chi connectivity index (χ0v) is 13.8. The van der Waals surface area contributed by atoms with Crippen LogP contribution in [0.5, 0.6) is 0 Å². The van der Waals surface area contributed by atoms with Crippen molar-refractivity contribution in [3.63, 3.8) is 0 Å². The maximum Gasteiger partial charge on any atom is 0.338 e. The highest BCUT2D eigenvalue weighted by molar-refractivity contribution is 7.91. The van der Waals surface area contributed by atoms with Crippen molar-refractivity contribution >= 4 is 22.8 Å². The molecule has 1 saturated heterocycles. The van der Waals surface area contributed by atoms with Crippen LogP contribution in [0.25, 0.3) is 0 Å². The third kappa shape index (κ3) is 3.05. The molecule has 0 saturated carbocycles. The van der Waals surface area contributed by atoms with E-state index in [0.717, 1.165) is 0 Å². The molecule has 0 spiro atoms. The van der Waals surface area contributed by atoms with Gasteiger partial charge in [-0.3, -0.25) is 5.01 Å². The van der Waals surface area contributed by atoms with Crippen LogP contribution in [0.1, 0.15) is 24.2 Å². The van der Waals surface area contributed by atoms with Gasteiger partial charge in [-0.25, -0.2) is 4.79 Å². The summed E-state index contributed by atoms with van der Waals surface area (Å²) in [5.74, 6) is -0.424. The molecule has 0 N–H and O–H groups in total. The van der Waals surface area contributed by atoms with E-state index in [2.05, 4.69) is 0 Å². The molecule has 122 valence electrons. The second-order valence-corrected chi connectivity index (χ2v) is 6.41. The largest absolute Gasteiger partial charge is 0.614 e. The number of anilines is 1. The van der Waals surface area contributed by atoms with E-state index in [1.165, 1.54) is 6.26 Å². The quantitative estimate of drug-likeness (QED) is 0.476. The van der Waals surface area contributed by atoms with Crippen LogP contribution in [0, 0.1) is 0 Å². The number of ether oxygens (including phenoxy) is 1. The van der Waals surface area contributed by atoms with Crippen LogP contribution in [-0.4, -0.2) is 52.2 Å². The Bertz CT molecular complexity index is 546. The summed E-state index contributed by atoms with van der Waals surface area (Å²) < 4.78 is 31.0. The SMILES string of the molecule is CCOC(=O)c1cccc(N2C(C)N(F)C([S+](C)[O-])N2C)c1. The number of hydrazine groups is 1. The lowest BCUT2D eigenvalue weighted by atomic mass is 10.2. The first-order valence-corrected chi connectivity index (χ1v) is 8.56. The van der Waals surface area contributed by atoms with Gasteiger partial charge in [0.1, 0.15) is 6.17 Å². The lowest BCUT2D eigenvalue weighted by molar-refractivity contribution is -0.0109. The molecule has 1 aromatic rings. The van der Waals surface area contributed by atoms with Gasteiger partial charge in [0, 0.05) is 7.05 Å². The molecule has 0 radical (unpaired) electrons. The Kier molecular flexibility index (Phi) is 5.28. The van der Waals surface area contributed by atoms with Gasteiger partial charge >= 0.3 is 5.97 Å². The molecule has 0 amide bonds. The highest BCUT2D eigenvalue weighted by Gasteiger charge is 2.48. The minimum atomic E-state index is -1.39. The molecule has 0 aromatic heterocycles. The molecule has 1 fully saturated rings. The summed E-state index contributed by atoms with van der Waals surface area (Å²) in [6, 6.07) is 6.76. The summed E-state index contributed by atoms with van der Waals surface area (Å²) in [6.45, 7) is 3.69. The Morgan fingerprint density at radius 1 is 1.50 bits per heavy atom. The van der Waals surface area contributed by atoms with Crippen molar-refractivity contribution in [3.05, 3.63) is 29.8 Å². The van der Waals surface area contributed by atoms with Crippen molar-refractivity contribution in [1.29, 1.82) is 0 Å². The number of hydrogen-bond donors (Lipinski definition) is 0. The fraction of sp³-hybridized carbons (Fsp3) is 0.500. The highest BCUT2D eigenvalue weighted by atomic mass is 32.2. The van der Waals surface area contributed by atoms with Crippen molar-refractivity contribution in [2.24, 2.45) is 0 Å². The monoisotopic (exact) mass is 329 g/mol. The van der Waals surface area contributed by atoms with Gasteiger partial charge in [0.25, 0.3) is 5.50 Å². The van der Waals surface area contributed by atoms with E-state index in [4.69, 9.17) is 4.74 Å². The molecule has 22 heavy (non-hydrogen) atoms. The predicted octanol–water partition coefficient (Wildman–Crippen LogP) is 1.72. The Morgan fingerprint density at radius 3 is 2.73 bits per heavy atom. The Labute approximate surface area is 132 Å². The smallest absolute Gasteiger partial charge is 0.338 e. The van der Waals surface area contributed by atoms with Crippen molar-refractivity contribution in [3.8, 4) is 0 Å². The van der Waals surface area contributed by atoms with Crippen LogP contribution in [0.3, 0.4) is 0 Å². The molecule has 6 nitrogen and oxygen atoms in total. The Balaban J connectivity index is 2.31. The molecule has 3 atom stereocenters. The number of esters is 1. The zero-order valence-electron chi connectivity index (χ0n) is 13.0. The summed E-state index contributed by atoms with van der Waals surface area (Å²) in [5, 5.41) is 3.78. The van der Waals surface area contributed by atoms with Crippen LogP contribution in [0.15, 0.2) is 24.3 Å². The van der Waals surface area contributed by atoms with Crippen molar-refractivity contribution in [2.75, 3.05) is 24.9 Å². The first kappa shape index (κ1) is 17.0. The maximum absolute atomic E-state index is 14.3. The molecule has 1 aliphatic heterocycles. The van der Waals surface area contributed by atoms with Gasteiger partial charge in [-0.2, -0.15) is 5.01 Å². The van der Waals surface area contributed by atoms with Gasteiger partial charge in [0.05, 0.1) is 24.1 Å². The number of hydrogen-bond acceptors (Lipinski definition) is 6. The first-order valence-electron chi connectivity index (χ1n) is 6.94. The lowest BCUT2D eigenvalue weighted by Gasteiger charge is -2.29. The lowest BCUT2D eigenvalue weighted by Crippen LogP contribution is -2.43. The van der Waals surface area contributed by atoms with Crippen LogP contribution in [0.4, 0.5) is 10.2 Å². The van der Waals surface area contributed by atoms with E-state index < -0.39 is 28.8 Å². The summed E-state index contributed by atoms with van der Waals surface area (Å²) in [6.07, 6.45) is 0.829. The van der Waals surface area contributed by atoms with Gasteiger partial charge < -0.3 is 9.29 Å². The van der Waals surface area contributed by atoms with E-state index in [9.17, 15) is 13.8 Å². The van der Waals surface area contributed by atoms with E-state index in [-0.39, 0.29) is 6.61 Å². The van der Waals surface area contributed by atoms with Gasteiger partial charge in [-0.05, 0) is 43.2 Å². The summed E-state index contributed by atoms with van der Waals surface area (Å²) in [5.41, 5.74) is 0.170. The standard InChI is InChI=1S/C14H20FN3O3S/c1-5-21-13(19)11-7-6-8-12(9-11)18-10(2)17(15)14(16(18)3)22(4)20/h6-10,14H,5H2,1-4H3. The topological polar surface area (TPSA) is 59.1 Å². The Morgan fingerprint density at radius 2 is 2.18 bits per heavy atom. The predicted molar refractivity (Wildman–Crippen MR) is 82.9 cm³/mol. The van der Waals surface area contributed by atoms with Gasteiger partial charge in [0.2, 0.25) is 0 Å². The number of rotatable bonds is 4. The fourth-order valence-electron chi connectivity index (χ4n) is 2.56. The summed E-state index contributed by atoms with van der Waals surface area (Å²) in [4.78, 5) is 11.8. The third-order valence-electron chi connectivity index (χ3n) is 3.50. The molecular formula is C14H20FN3O3S. The van der Waals surface area contributed by atoms with Crippen molar-refractivity contribution in [2.45, 2.75) is 25.5 Å². The van der Waals surface area contributed by atoms with E-state index in [0.29, 0.717) is 16.4 Å².